The maximum absolute atomic E-state index is 5.58. The molecule has 0 fully saturated rings. The summed E-state index contributed by atoms with van der Waals surface area (Å²) in [5.41, 5.74) is 3.50. The second-order valence-electron chi connectivity index (χ2n) is 5.19. The van der Waals surface area contributed by atoms with Crippen molar-refractivity contribution in [1.82, 2.24) is 15.2 Å². The van der Waals surface area contributed by atoms with Crippen LogP contribution in [0.25, 0.3) is 22.5 Å². The zero-order chi connectivity index (χ0) is 15.4. The Morgan fingerprint density at radius 2 is 1.27 bits per heavy atom. The van der Waals surface area contributed by atoms with E-state index in [1.54, 1.807) is 0 Å². The van der Waals surface area contributed by atoms with Gasteiger partial charge >= 0.3 is 6.01 Å². The van der Waals surface area contributed by atoms with E-state index >= 15 is 0 Å². The first-order chi connectivity index (χ1) is 10.7. The summed E-state index contributed by atoms with van der Waals surface area (Å²) in [6.07, 6.45) is 0.00741. The van der Waals surface area contributed by atoms with Crippen LogP contribution in [0, 0.1) is 0 Å². The highest BCUT2D eigenvalue weighted by Gasteiger charge is 2.14. The summed E-state index contributed by atoms with van der Waals surface area (Å²) in [6.45, 7) is 3.88. The maximum atomic E-state index is 5.58. The smallest absolute Gasteiger partial charge is 0.336 e. The van der Waals surface area contributed by atoms with E-state index in [0.717, 1.165) is 22.5 Å². The standard InChI is InChI=1S/C18H17N3O/c1-13(2)22-18-19-16(14-9-5-3-6-10-14)17(20-21-18)15-11-7-4-8-12-15/h3-13H,1-2H3. The molecule has 0 atom stereocenters. The zero-order valence-corrected chi connectivity index (χ0v) is 12.6. The Hall–Kier alpha value is -2.75. The fraction of sp³-hybridized carbons (Fsp3) is 0.167. The first kappa shape index (κ1) is 14.2. The lowest BCUT2D eigenvalue weighted by atomic mass is 10.0. The van der Waals surface area contributed by atoms with Gasteiger partial charge in [0.25, 0.3) is 0 Å². The quantitative estimate of drug-likeness (QED) is 0.729. The van der Waals surface area contributed by atoms with Gasteiger partial charge in [0.05, 0.1) is 6.10 Å². The van der Waals surface area contributed by atoms with Crippen LogP contribution in [0.4, 0.5) is 0 Å². The molecule has 4 heteroatoms. The predicted octanol–water partition coefficient (Wildman–Crippen LogP) is 3.99. The van der Waals surface area contributed by atoms with Crippen molar-refractivity contribution in [3.8, 4) is 28.5 Å². The van der Waals surface area contributed by atoms with Crippen LogP contribution in [-0.4, -0.2) is 21.3 Å². The number of ether oxygens (including phenoxy) is 1. The highest BCUT2D eigenvalue weighted by atomic mass is 16.5. The normalized spacial score (nSPS) is 10.7. The van der Waals surface area contributed by atoms with Gasteiger partial charge in [-0.25, -0.2) is 0 Å². The lowest BCUT2D eigenvalue weighted by molar-refractivity contribution is 0.219. The molecular weight excluding hydrogens is 274 g/mol. The second-order valence-corrected chi connectivity index (χ2v) is 5.19. The summed E-state index contributed by atoms with van der Waals surface area (Å²) in [6, 6.07) is 20.2. The van der Waals surface area contributed by atoms with Crippen LogP contribution in [0.5, 0.6) is 6.01 Å². The van der Waals surface area contributed by atoms with E-state index in [0.29, 0.717) is 6.01 Å². The molecule has 0 bridgehead atoms. The number of rotatable bonds is 4. The molecule has 22 heavy (non-hydrogen) atoms. The molecule has 0 amide bonds. The molecule has 0 saturated carbocycles. The van der Waals surface area contributed by atoms with E-state index in [2.05, 4.69) is 15.2 Å². The third-order valence-corrected chi connectivity index (χ3v) is 3.10. The van der Waals surface area contributed by atoms with Crippen molar-refractivity contribution in [3.05, 3.63) is 60.7 Å². The van der Waals surface area contributed by atoms with Crippen LogP contribution < -0.4 is 4.74 Å². The Morgan fingerprint density at radius 1 is 0.727 bits per heavy atom. The average molecular weight is 291 g/mol. The van der Waals surface area contributed by atoms with E-state index in [1.807, 2.05) is 74.5 Å². The van der Waals surface area contributed by atoms with Crippen molar-refractivity contribution in [2.75, 3.05) is 0 Å². The van der Waals surface area contributed by atoms with Gasteiger partial charge in [0.15, 0.2) is 0 Å². The number of benzene rings is 2. The Labute approximate surface area is 129 Å². The monoisotopic (exact) mass is 291 g/mol. The topological polar surface area (TPSA) is 47.9 Å². The molecule has 0 saturated heterocycles. The van der Waals surface area contributed by atoms with E-state index in [1.165, 1.54) is 0 Å². The molecule has 0 spiro atoms. The molecule has 1 heterocycles. The van der Waals surface area contributed by atoms with E-state index in [4.69, 9.17) is 4.74 Å². The van der Waals surface area contributed by atoms with Crippen LogP contribution in [-0.2, 0) is 0 Å². The highest BCUT2D eigenvalue weighted by molar-refractivity contribution is 5.77. The molecular formula is C18H17N3O. The van der Waals surface area contributed by atoms with Gasteiger partial charge in [-0.1, -0.05) is 65.8 Å². The molecule has 0 radical (unpaired) electrons. The Morgan fingerprint density at radius 3 is 1.82 bits per heavy atom. The number of hydrogen-bond donors (Lipinski definition) is 0. The van der Waals surface area contributed by atoms with Gasteiger partial charge in [-0.3, -0.25) is 0 Å². The van der Waals surface area contributed by atoms with Crippen molar-refractivity contribution in [1.29, 1.82) is 0 Å². The van der Waals surface area contributed by atoms with Crippen molar-refractivity contribution < 1.29 is 4.74 Å². The van der Waals surface area contributed by atoms with Crippen LogP contribution in [0.1, 0.15) is 13.8 Å². The number of aromatic nitrogens is 3. The maximum Gasteiger partial charge on any atom is 0.336 e. The van der Waals surface area contributed by atoms with Crippen molar-refractivity contribution in [2.45, 2.75) is 20.0 Å². The molecule has 0 aliphatic heterocycles. The zero-order valence-electron chi connectivity index (χ0n) is 12.6. The summed E-state index contributed by atoms with van der Waals surface area (Å²) in [4.78, 5) is 4.56. The Balaban J connectivity index is 2.13. The highest BCUT2D eigenvalue weighted by Crippen LogP contribution is 2.29. The average Bonchev–Trinajstić information content (AvgIpc) is 2.56. The summed E-state index contributed by atoms with van der Waals surface area (Å²) < 4.78 is 5.58. The first-order valence-corrected chi connectivity index (χ1v) is 7.26. The molecule has 0 aliphatic rings. The number of hydrogen-bond acceptors (Lipinski definition) is 4. The summed E-state index contributed by atoms with van der Waals surface area (Å²) in [5.74, 6) is 0. The first-order valence-electron chi connectivity index (χ1n) is 7.26. The molecule has 4 nitrogen and oxygen atoms in total. The Kier molecular flexibility index (Phi) is 4.10. The van der Waals surface area contributed by atoms with Gasteiger partial charge in [0.1, 0.15) is 11.4 Å². The third kappa shape index (κ3) is 3.11. The van der Waals surface area contributed by atoms with Gasteiger partial charge in [0, 0.05) is 11.1 Å². The minimum atomic E-state index is 0.00741. The lowest BCUT2D eigenvalue weighted by Crippen LogP contribution is -2.10. The van der Waals surface area contributed by atoms with Gasteiger partial charge < -0.3 is 4.74 Å². The van der Waals surface area contributed by atoms with Gasteiger partial charge in [-0.05, 0) is 13.8 Å². The minimum Gasteiger partial charge on any atom is -0.460 e. The van der Waals surface area contributed by atoms with E-state index < -0.39 is 0 Å². The SMILES string of the molecule is CC(C)Oc1nnc(-c2ccccc2)c(-c2ccccc2)n1. The van der Waals surface area contributed by atoms with Crippen LogP contribution >= 0.6 is 0 Å². The largest absolute Gasteiger partial charge is 0.460 e. The summed E-state index contributed by atoms with van der Waals surface area (Å²) in [5, 5.41) is 8.44. The minimum absolute atomic E-state index is 0.00741. The van der Waals surface area contributed by atoms with E-state index in [-0.39, 0.29) is 6.10 Å². The molecule has 2 aromatic carbocycles. The molecule has 3 aromatic rings. The summed E-state index contributed by atoms with van der Waals surface area (Å²) >= 11 is 0. The lowest BCUT2D eigenvalue weighted by Gasteiger charge is -2.11. The van der Waals surface area contributed by atoms with Crippen LogP contribution in [0.15, 0.2) is 60.7 Å². The van der Waals surface area contributed by atoms with Gasteiger partial charge in [-0.15, -0.1) is 5.10 Å². The molecule has 1 aromatic heterocycles. The van der Waals surface area contributed by atoms with Gasteiger partial charge in [-0.2, -0.15) is 4.98 Å². The second kappa shape index (κ2) is 6.35. The summed E-state index contributed by atoms with van der Waals surface area (Å²) in [7, 11) is 0. The van der Waals surface area contributed by atoms with Crippen molar-refractivity contribution in [2.24, 2.45) is 0 Å². The van der Waals surface area contributed by atoms with Crippen LogP contribution in [0.2, 0.25) is 0 Å². The fourth-order valence-electron chi connectivity index (χ4n) is 2.16. The molecule has 0 aliphatic carbocycles. The number of nitrogens with zero attached hydrogens (tertiary/aromatic N) is 3. The molecule has 110 valence electrons. The third-order valence-electron chi connectivity index (χ3n) is 3.10. The van der Waals surface area contributed by atoms with Gasteiger partial charge in [0.2, 0.25) is 0 Å². The molecule has 0 unspecified atom stereocenters. The van der Waals surface area contributed by atoms with Crippen molar-refractivity contribution in [3.63, 3.8) is 0 Å². The fourth-order valence-corrected chi connectivity index (χ4v) is 2.16. The molecule has 0 N–H and O–H groups in total. The van der Waals surface area contributed by atoms with Crippen molar-refractivity contribution >= 4 is 0 Å². The van der Waals surface area contributed by atoms with Crippen LogP contribution in [0.3, 0.4) is 0 Å². The predicted molar refractivity (Wildman–Crippen MR) is 86.5 cm³/mol. The van der Waals surface area contributed by atoms with E-state index in [9.17, 15) is 0 Å². The molecule has 3 rings (SSSR count). The Bertz CT molecular complexity index is 743.